The maximum atomic E-state index is 11.5. The third kappa shape index (κ3) is 2.73. The molecule has 0 saturated heterocycles. The molecule has 3 N–H and O–H groups in total. The molecule has 0 aliphatic heterocycles. The molecule has 1 rings (SSSR count). The first kappa shape index (κ1) is 12.0. The first-order valence-corrected chi connectivity index (χ1v) is 4.71. The van der Waals surface area contributed by atoms with Crippen molar-refractivity contribution in [3.8, 4) is 5.75 Å². The number of primary amides is 1. The third-order valence-corrected chi connectivity index (χ3v) is 2.06. The second kappa shape index (κ2) is 4.65. The zero-order chi connectivity index (χ0) is 12.3. The number of ether oxygens (including phenoxy) is 1. The fourth-order valence-electron chi connectivity index (χ4n) is 1.10. The van der Waals surface area contributed by atoms with Crippen LogP contribution < -0.4 is 5.73 Å². The van der Waals surface area contributed by atoms with Gasteiger partial charge in [-0.25, -0.2) is 4.79 Å². The van der Waals surface area contributed by atoms with Crippen molar-refractivity contribution in [3.63, 3.8) is 0 Å². The van der Waals surface area contributed by atoms with Crippen molar-refractivity contribution in [2.45, 2.75) is 20.0 Å². The van der Waals surface area contributed by atoms with Crippen molar-refractivity contribution in [1.82, 2.24) is 0 Å². The molecule has 0 aromatic heterocycles. The molecule has 0 bridgehead atoms. The van der Waals surface area contributed by atoms with Crippen LogP contribution in [0, 0.1) is 6.92 Å². The molecule has 1 amide bonds. The normalized spacial score (nSPS) is 11.9. The molecular formula is C11H13NO4. The van der Waals surface area contributed by atoms with Crippen molar-refractivity contribution >= 4 is 11.9 Å². The lowest BCUT2D eigenvalue weighted by Gasteiger charge is -2.10. The van der Waals surface area contributed by atoms with Crippen LogP contribution in [0.15, 0.2) is 18.2 Å². The highest BCUT2D eigenvalue weighted by atomic mass is 16.5. The summed E-state index contributed by atoms with van der Waals surface area (Å²) in [6, 6.07) is 4.53. The maximum absolute atomic E-state index is 11.5. The molecule has 0 saturated carbocycles. The number of carbonyl (C=O) groups is 2. The van der Waals surface area contributed by atoms with Crippen LogP contribution in [0.2, 0.25) is 0 Å². The van der Waals surface area contributed by atoms with Gasteiger partial charge in [-0.05, 0) is 31.5 Å². The zero-order valence-corrected chi connectivity index (χ0v) is 9.06. The van der Waals surface area contributed by atoms with Gasteiger partial charge in [0.2, 0.25) is 0 Å². The van der Waals surface area contributed by atoms with E-state index in [0.29, 0.717) is 0 Å². The molecule has 0 heterocycles. The highest BCUT2D eigenvalue weighted by Gasteiger charge is 2.18. The van der Waals surface area contributed by atoms with E-state index in [0.717, 1.165) is 5.56 Å². The van der Waals surface area contributed by atoms with Crippen LogP contribution in [0.4, 0.5) is 0 Å². The van der Waals surface area contributed by atoms with E-state index in [-0.39, 0.29) is 11.3 Å². The molecule has 1 atom stereocenters. The van der Waals surface area contributed by atoms with Gasteiger partial charge in [0.05, 0.1) is 0 Å². The van der Waals surface area contributed by atoms with Crippen molar-refractivity contribution in [2.24, 2.45) is 5.73 Å². The molecule has 16 heavy (non-hydrogen) atoms. The summed E-state index contributed by atoms with van der Waals surface area (Å²) in [5, 5.41) is 9.50. The molecule has 0 fully saturated rings. The number of esters is 1. The molecule has 0 unspecified atom stereocenters. The molecule has 86 valence electrons. The van der Waals surface area contributed by atoms with Crippen LogP contribution in [0.25, 0.3) is 0 Å². The molecule has 5 heteroatoms. The average Bonchev–Trinajstić information content (AvgIpc) is 2.16. The van der Waals surface area contributed by atoms with Gasteiger partial charge >= 0.3 is 5.97 Å². The molecule has 0 radical (unpaired) electrons. The molecule has 0 aliphatic rings. The topological polar surface area (TPSA) is 89.6 Å². The van der Waals surface area contributed by atoms with E-state index < -0.39 is 18.0 Å². The van der Waals surface area contributed by atoms with Gasteiger partial charge in [-0.2, -0.15) is 0 Å². The predicted molar refractivity (Wildman–Crippen MR) is 56.9 cm³/mol. The number of rotatable bonds is 3. The molecule has 0 spiro atoms. The number of amides is 1. The highest BCUT2D eigenvalue weighted by Crippen LogP contribution is 2.19. The molecule has 0 aliphatic carbocycles. The van der Waals surface area contributed by atoms with Crippen LogP contribution in [0.3, 0.4) is 0 Å². The number of aryl methyl sites for hydroxylation is 1. The SMILES string of the molecule is Cc1ccc(C(=O)O[C@H](C)C(N)=O)c(O)c1. The number of aromatic hydroxyl groups is 1. The Balaban J connectivity index is 2.85. The van der Waals surface area contributed by atoms with E-state index in [1.807, 2.05) is 0 Å². The van der Waals surface area contributed by atoms with E-state index in [1.54, 1.807) is 13.0 Å². The minimum Gasteiger partial charge on any atom is -0.507 e. The Kier molecular flexibility index (Phi) is 3.50. The van der Waals surface area contributed by atoms with Crippen molar-refractivity contribution in [2.75, 3.05) is 0 Å². The summed E-state index contributed by atoms with van der Waals surface area (Å²) in [6.45, 7) is 3.15. The largest absolute Gasteiger partial charge is 0.507 e. The van der Waals surface area contributed by atoms with Gasteiger partial charge in [0.25, 0.3) is 5.91 Å². The third-order valence-electron chi connectivity index (χ3n) is 2.06. The summed E-state index contributed by atoms with van der Waals surface area (Å²) in [7, 11) is 0. The van der Waals surface area contributed by atoms with Gasteiger partial charge in [0.1, 0.15) is 11.3 Å². The number of carbonyl (C=O) groups excluding carboxylic acids is 2. The number of hydrogen-bond acceptors (Lipinski definition) is 4. The van der Waals surface area contributed by atoms with E-state index in [1.165, 1.54) is 19.1 Å². The Morgan fingerprint density at radius 1 is 1.44 bits per heavy atom. The first-order chi connectivity index (χ1) is 7.41. The number of nitrogens with two attached hydrogens (primary N) is 1. The summed E-state index contributed by atoms with van der Waals surface area (Å²) >= 11 is 0. The van der Waals surface area contributed by atoms with Crippen molar-refractivity contribution in [1.29, 1.82) is 0 Å². The minimum atomic E-state index is -1.02. The van der Waals surface area contributed by atoms with E-state index >= 15 is 0 Å². The fraction of sp³-hybridized carbons (Fsp3) is 0.273. The van der Waals surface area contributed by atoms with Gasteiger partial charge < -0.3 is 15.6 Å². The summed E-state index contributed by atoms with van der Waals surface area (Å²) in [4.78, 5) is 22.2. The van der Waals surface area contributed by atoms with Gasteiger partial charge in [-0.1, -0.05) is 6.07 Å². The first-order valence-electron chi connectivity index (χ1n) is 4.71. The van der Waals surface area contributed by atoms with E-state index in [4.69, 9.17) is 10.5 Å². The lowest BCUT2D eigenvalue weighted by molar-refractivity contribution is -0.125. The van der Waals surface area contributed by atoms with E-state index in [2.05, 4.69) is 0 Å². The average molecular weight is 223 g/mol. The Labute approximate surface area is 92.8 Å². The second-order valence-electron chi connectivity index (χ2n) is 3.47. The van der Waals surface area contributed by atoms with Crippen LogP contribution in [0.5, 0.6) is 5.75 Å². The molecule has 5 nitrogen and oxygen atoms in total. The fourth-order valence-corrected chi connectivity index (χ4v) is 1.10. The summed E-state index contributed by atoms with van der Waals surface area (Å²) in [5.74, 6) is -1.69. The maximum Gasteiger partial charge on any atom is 0.342 e. The van der Waals surface area contributed by atoms with E-state index in [9.17, 15) is 14.7 Å². The second-order valence-corrected chi connectivity index (χ2v) is 3.47. The Bertz CT molecular complexity index is 428. The minimum absolute atomic E-state index is 0.0127. The molecular weight excluding hydrogens is 210 g/mol. The van der Waals surface area contributed by atoms with Crippen molar-refractivity contribution in [3.05, 3.63) is 29.3 Å². The standard InChI is InChI=1S/C11H13NO4/c1-6-3-4-8(9(13)5-6)11(15)16-7(2)10(12)14/h3-5,7,13H,1-2H3,(H2,12,14)/t7-/m1/s1. The van der Waals surface area contributed by atoms with Crippen molar-refractivity contribution < 1.29 is 19.4 Å². The number of benzene rings is 1. The zero-order valence-electron chi connectivity index (χ0n) is 9.06. The van der Waals surface area contributed by atoms with Gasteiger partial charge in [-0.15, -0.1) is 0 Å². The quantitative estimate of drug-likeness (QED) is 0.739. The number of phenolic OH excluding ortho intramolecular Hbond substituents is 1. The smallest absolute Gasteiger partial charge is 0.342 e. The van der Waals surface area contributed by atoms with Gasteiger partial charge in [0, 0.05) is 0 Å². The summed E-state index contributed by atoms with van der Waals surface area (Å²) < 4.78 is 4.75. The molecule has 1 aromatic rings. The van der Waals surface area contributed by atoms with Crippen LogP contribution >= 0.6 is 0 Å². The molecule has 1 aromatic carbocycles. The summed E-state index contributed by atoms with van der Waals surface area (Å²) in [5.41, 5.74) is 5.78. The Morgan fingerprint density at radius 3 is 2.56 bits per heavy atom. The Morgan fingerprint density at radius 2 is 2.06 bits per heavy atom. The lowest BCUT2D eigenvalue weighted by Crippen LogP contribution is -2.30. The van der Waals surface area contributed by atoms with Gasteiger partial charge in [0.15, 0.2) is 6.10 Å². The number of phenols is 1. The lowest BCUT2D eigenvalue weighted by atomic mass is 10.1. The van der Waals surface area contributed by atoms with Crippen LogP contribution in [-0.4, -0.2) is 23.1 Å². The highest BCUT2D eigenvalue weighted by molar-refractivity contribution is 5.94. The monoisotopic (exact) mass is 223 g/mol. The summed E-state index contributed by atoms with van der Waals surface area (Å²) in [6.07, 6.45) is -1.02. The Hall–Kier alpha value is -2.04. The van der Waals surface area contributed by atoms with Crippen LogP contribution in [0.1, 0.15) is 22.8 Å². The van der Waals surface area contributed by atoms with Crippen LogP contribution in [-0.2, 0) is 9.53 Å². The predicted octanol–water partition coefficient (Wildman–Crippen LogP) is 0.731. The number of hydrogen-bond donors (Lipinski definition) is 2. The van der Waals surface area contributed by atoms with Gasteiger partial charge in [-0.3, -0.25) is 4.79 Å².